The van der Waals surface area contributed by atoms with Crippen LogP contribution in [0.1, 0.15) is 13.8 Å². The standard InChI is InChI=1S/C50H31N3O.C4H8/c1-3-12-33(13-4-1)48-43-31-35(36-27-29-46-42(30-36)39-16-7-9-20-45(39)53(46)37-14-5-2-6-15-37)26-28-44(43)51-50(52-48)34-24-22-32(23-25-34)38-18-11-19-41-40-17-8-10-21-47(40)54-49(38)41;1-3-4-2/h1-31H;3-4H,1-2H3/b;4-3-. The second-order valence-electron chi connectivity index (χ2n) is 14.4. The summed E-state index contributed by atoms with van der Waals surface area (Å²) < 4.78 is 8.69. The van der Waals surface area contributed by atoms with Gasteiger partial charge in [-0.3, -0.25) is 0 Å². The second kappa shape index (κ2) is 14.8. The molecule has 58 heavy (non-hydrogen) atoms. The predicted octanol–water partition coefficient (Wildman–Crippen LogP) is 14.9. The lowest BCUT2D eigenvalue weighted by atomic mass is 9.98. The third-order valence-electron chi connectivity index (χ3n) is 11.0. The summed E-state index contributed by atoms with van der Waals surface area (Å²) >= 11 is 0. The maximum absolute atomic E-state index is 6.34. The topological polar surface area (TPSA) is 43.9 Å². The Balaban J connectivity index is 0.000000978. The van der Waals surface area contributed by atoms with Crippen LogP contribution in [0.15, 0.2) is 205 Å². The molecule has 0 aliphatic rings. The molecular weight excluding hydrogens is 707 g/mol. The number of benzene rings is 8. The molecule has 0 spiro atoms. The second-order valence-corrected chi connectivity index (χ2v) is 14.4. The molecule has 276 valence electrons. The number of furan rings is 1. The Kier molecular flexibility index (Phi) is 8.92. The van der Waals surface area contributed by atoms with Gasteiger partial charge in [-0.05, 0) is 79.1 Å². The van der Waals surface area contributed by atoms with Crippen LogP contribution in [0.5, 0.6) is 0 Å². The fourth-order valence-corrected chi connectivity index (χ4v) is 8.03. The van der Waals surface area contributed by atoms with E-state index in [2.05, 4.69) is 174 Å². The number of aromatic nitrogens is 3. The van der Waals surface area contributed by atoms with Crippen molar-refractivity contribution >= 4 is 54.6 Å². The minimum Gasteiger partial charge on any atom is -0.455 e. The highest BCUT2D eigenvalue weighted by molar-refractivity contribution is 6.11. The van der Waals surface area contributed by atoms with E-state index in [1.165, 1.54) is 21.8 Å². The molecule has 4 nitrogen and oxygen atoms in total. The summed E-state index contributed by atoms with van der Waals surface area (Å²) in [5, 5.41) is 5.72. The van der Waals surface area contributed by atoms with Crippen molar-refractivity contribution in [2.75, 3.05) is 0 Å². The Morgan fingerprint density at radius 1 is 0.431 bits per heavy atom. The Bertz CT molecular complexity index is 3280. The number of nitrogens with zero attached hydrogens (tertiary/aromatic N) is 3. The van der Waals surface area contributed by atoms with Gasteiger partial charge in [0.15, 0.2) is 5.82 Å². The highest BCUT2D eigenvalue weighted by Gasteiger charge is 2.17. The molecule has 0 amide bonds. The van der Waals surface area contributed by atoms with Crippen LogP contribution < -0.4 is 0 Å². The van der Waals surface area contributed by atoms with Gasteiger partial charge in [-0.25, -0.2) is 9.97 Å². The Labute approximate surface area is 337 Å². The van der Waals surface area contributed by atoms with Crippen molar-refractivity contribution in [1.82, 2.24) is 14.5 Å². The van der Waals surface area contributed by atoms with Crippen molar-refractivity contribution < 1.29 is 4.42 Å². The third-order valence-corrected chi connectivity index (χ3v) is 11.0. The lowest BCUT2D eigenvalue weighted by Gasteiger charge is -2.12. The van der Waals surface area contributed by atoms with Gasteiger partial charge in [0, 0.05) is 49.3 Å². The maximum atomic E-state index is 6.34. The highest BCUT2D eigenvalue weighted by atomic mass is 16.3. The van der Waals surface area contributed by atoms with E-state index < -0.39 is 0 Å². The molecule has 0 aliphatic heterocycles. The van der Waals surface area contributed by atoms with Gasteiger partial charge in [-0.2, -0.15) is 0 Å². The third kappa shape index (κ3) is 6.12. The average molecular weight is 746 g/mol. The van der Waals surface area contributed by atoms with Crippen LogP contribution >= 0.6 is 0 Å². The van der Waals surface area contributed by atoms with E-state index in [-0.39, 0.29) is 0 Å². The van der Waals surface area contributed by atoms with Crippen molar-refractivity contribution in [3.63, 3.8) is 0 Å². The van der Waals surface area contributed by atoms with Gasteiger partial charge in [0.05, 0.1) is 22.2 Å². The Morgan fingerprint density at radius 2 is 1.03 bits per heavy atom. The van der Waals surface area contributed by atoms with Crippen LogP contribution in [0.4, 0.5) is 0 Å². The van der Waals surface area contributed by atoms with Gasteiger partial charge in [-0.15, -0.1) is 0 Å². The van der Waals surface area contributed by atoms with Gasteiger partial charge in [0.25, 0.3) is 0 Å². The number of para-hydroxylation sites is 4. The van der Waals surface area contributed by atoms with Gasteiger partial charge >= 0.3 is 0 Å². The first-order valence-corrected chi connectivity index (χ1v) is 19.7. The normalized spacial score (nSPS) is 11.6. The van der Waals surface area contributed by atoms with E-state index in [9.17, 15) is 0 Å². The van der Waals surface area contributed by atoms with E-state index in [0.29, 0.717) is 5.82 Å². The molecule has 0 N–H and O–H groups in total. The van der Waals surface area contributed by atoms with Crippen LogP contribution in [-0.2, 0) is 0 Å². The molecule has 0 bridgehead atoms. The lowest BCUT2D eigenvalue weighted by molar-refractivity contribution is 0.670. The van der Waals surface area contributed by atoms with Crippen molar-refractivity contribution in [2.24, 2.45) is 0 Å². The predicted molar refractivity (Wildman–Crippen MR) is 243 cm³/mol. The molecular formula is C54H39N3O. The average Bonchev–Trinajstić information content (AvgIpc) is 3.85. The fraction of sp³-hybridized carbons (Fsp3) is 0.0370. The fourth-order valence-electron chi connectivity index (χ4n) is 8.03. The molecule has 11 rings (SSSR count). The van der Waals surface area contributed by atoms with Crippen molar-refractivity contribution in [1.29, 1.82) is 0 Å². The molecule has 11 aromatic rings. The maximum Gasteiger partial charge on any atom is 0.160 e. The summed E-state index contributed by atoms with van der Waals surface area (Å²) in [7, 11) is 0. The minimum atomic E-state index is 0.692. The monoisotopic (exact) mass is 745 g/mol. The smallest absolute Gasteiger partial charge is 0.160 e. The first-order chi connectivity index (χ1) is 28.7. The van der Waals surface area contributed by atoms with Crippen LogP contribution in [0.25, 0.3) is 105 Å². The molecule has 3 heterocycles. The van der Waals surface area contributed by atoms with Gasteiger partial charge in [-0.1, -0.05) is 152 Å². The van der Waals surface area contributed by atoms with Crippen molar-refractivity contribution in [3.8, 4) is 50.6 Å². The van der Waals surface area contributed by atoms with E-state index >= 15 is 0 Å². The molecule has 0 radical (unpaired) electrons. The molecule has 0 saturated heterocycles. The summed E-state index contributed by atoms with van der Waals surface area (Å²) in [6.07, 6.45) is 4.00. The van der Waals surface area contributed by atoms with E-state index in [1.54, 1.807) is 0 Å². The number of hydrogen-bond donors (Lipinski definition) is 0. The van der Waals surface area contributed by atoms with Crippen LogP contribution in [0.2, 0.25) is 0 Å². The van der Waals surface area contributed by atoms with E-state index in [1.807, 2.05) is 44.2 Å². The van der Waals surface area contributed by atoms with Crippen molar-refractivity contribution in [3.05, 3.63) is 200 Å². The zero-order chi connectivity index (χ0) is 39.0. The molecule has 4 heteroatoms. The van der Waals surface area contributed by atoms with Gasteiger partial charge < -0.3 is 8.98 Å². The van der Waals surface area contributed by atoms with E-state index in [0.717, 1.165) is 77.6 Å². The van der Waals surface area contributed by atoms with Gasteiger partial charge in [0.2, 0.25) is 0 Å². The first-order valence-electron chi connectivity index (χ1n) is 19.7. The quantitative estimate of drug-likeness (QED) is 0.165. The van der Waals surface area contributed by atoms with E-state index in [4.69, 9.17) is 14.4 Å². The number of allylic oxidation sites excluding steroid dienone is 2. The molecule has 0 saturated carbocycles. The number of hydrogen-bond acceptors (Lipinski definition) is 3. The Hall–Kier alpha value is -7.56. The molecule has 0 fully saturated rings. The van der Waals surface area contributed by atoms with Crippen LogP contribution in [-0.4, -0.2) is 14.5 Å². The molecule has 0 atom stereocenters. The highest BCUT2D eigenvalue weighted by Crippen LogP contribution is 2.39. The molecule has 0 unspecified atom stereocenters. The number of rotatable bonds is 5. The summed E-state index contributed by atoms with van der Waals surface area (Å²) in [5.41, 5.74) is 13.6. The zero-order valence-corrected chi connectivity index (χ0v) is 32.3. The summed E-state index contributed by atoms with van der Waals surface area (Å²) in [4.78, 5) is 10.4. The Morgan fingerprint density at radius 3 is 1.81 bits per heavy atom. The van der Waals surface area contributed by atoms with Crippen LogP contribution in [0, 0.1) is 0 Å². The van der Waals surface area contributed by atoms with Crippen LogP contribution in [0.3, 0.4) is 0 Å². The SMILES string of the molecule is C/C=C\C.c1ccc(-c2nc(-c3ccc(-c4cccc5c4oc4ccccc45)cc3)nc3ccc(-c4ccc5c(c4)c4ccccc4n5-c4ccccc4)cc23)cc1. The van der Waals surface area contributed by atoms with Gasteiger partial charge in [0.1, 0.15) is 11.2 Å². The molecule has 0 aliphatic carbocycles. The summed E-state index contributed by atoms with van der Waals surface area (Å²) in [6.45, 7) is 4.00. The molecule has 8 aromatic carbocycles. The lowest BCUT2D eigenvalue weighted by Crippen LogP contribution is -1.96. The summed E-state index contributed by atoms with van der Waals surface area (Å²) in [6, 6.07) is 66.1. The first kappa shape index (κ1) is 34.9. The molecule has 3 aromatic heterocycles. The summed E-state index contributed by atoms with van der Waals surface area (Å²) in [5.74, 6) is 0.692. The minimum absolute atomic E-state index is 0.692. The van der Waals surface area contributed by atoms with Crippen molar-refractivity contribution in [2.45, 2.75) is 13.8 Å². The number of fused-ring (bicyclic) bond motifs is 7. The largest absolute Gasteiger partial charge is 0.455 e. The zero-order valence-electron chi connectivity index (χ0n) is 32.3.